The molecular weight excluding hydrogens is 616 g/mol. The molecule has 5 aromatic rings. The van der Waals surface area contributed by atoms with E-state index in [1.165, 1.54) is 23.0 Å². The molecule has 240 valence electrons. The molecule has 0 radical (unpaired) electrons. The van der Waals surface area contributed by atoms with E-state index in [0.29, 0.717) is 50.2 Å². The predicted molar refractivity (Wildman–Crippen MR) is 181 cm³/mol. The number of methoxy groups -OCH3 is 3. The van der Waals surface area contributed by atoms with Gasteiger partial charge in [-0.3, -0.25) is 9.36 Å². The van der Waals surface area contributed by atoms with Crippen molar-refractivity contribution in [3.8, 4) is 23.0 Å². The molecule has 1 unspecified atom stereocenters. The molecule has 0 N–H and O–H groups in total. The molecule has 0 spiro atoms. The lowest BCUT2D eigenvalue weighted by atomic mass is 9.95. The number of nitrogens with zero attached hydrogens (tertiary/aromatic N) is 2. The fourth-order valence-corrected chi connectivity index (χ4v) is 6.79. The van der Waals surface area contributed by atoms with Gasteiger partial charge in [-0.2, -0.15) is 0 Å². The van der Waals surface area contributed by atoms with Crippen molar-refractivity contribution in [2.45, 2.75) is 26.5 Å². The Morgan fingerprint density at radius 2 is 1.62 bits per heavy atom. The van der Waals surface area contributed by atoms with Crippen LogP contribution in [0.4, 0.5) is 0 Å². The fraction of sp³-hybridized carbons (Fsp3) is 0.216. The summed E-state index contributed by atoms with van der Waals surface area (Å²) in [5.74, 6) is 1.59. The Balaban J connectivity index is 1.38. The van der Waals surface area contributed by atoms with Gasteiger partial charge in [0, 0.05) is 0 Å². The summed E-state index contributed by atoms with van der Waals surface area (Å²) in [6.45, 7) is 4.04. The Labute approximate surface area is 275 Å². The first-order chi connectivity index (χ1) is 22.9. The number of carbonyl (C=O) groups excluding carboxylic acids is 1. The van der Waals surface area contributed by atoms with Crippen molar-refractivity contribution in [1.29, 1.82) is 0 Å². The average molecular weight is 651 g/mol. The van der Waals surface area contributed by atoms with E-state index in [0.717, 1.165) is 21.9 Å². The Bertz CT molecular complexity index is 2190. The maximum absolute atomic E-state index is 14.1. The van der Waals surface area contributed by atoms with Crippen molar-refractivity contribution in [1.82, 2.24) is 4.57 Å². The van der Waals surface area contributed by atoms with Gasteiger partial charge >= 0.3 is 5.97 Å². The molecule has 10 heteroatoms. The van der Waals surface area contributed by atoms with Crippen LogP contribution in [-0.4, -0.2) is 38.5 Å². The van der Waals surface area contributed by atoms with E-state index < -0.39 is 12.0 Å². The molecule has 1 aromatic heterocycles. The predicted octanol–water partition coefficient (Wildman–Crippen LogP) is 5.56. The van der Waals surface area contributed by atoms with Crippen LogP contribution in [0.2, 0.25) is 0 Å². The summed E-state index contributed by atoms with van der Waals surface area (Å²) >= 11 is 1.24. The van der Waals surface area contributed by atoms with E-state index in [-0.39, 0.29) is 17.7 Å². The minimum Gasteiger partial charge on any atom is -0.493 e. The smallest absolute Gasteiger partial charge is 0.338 e. The number of hydrogen-bond donors (Lipinski definition) is 0. The van der Waals surface area contributed by atoms with E-state index >= 15 is 0 Å². The minimum atomic E-state index is -0.786. The van der Waals surface area contributed by atoms with Gasteiger partial charge in [-0.25, -0.2) is 9.79 Å². The molecule has 1 atom stereocenters. The molecule has 1 aliphatic heterocycles. The normalized spacial score (nSPS) is 14.4. The fourth-order valence-electron chi connectivity index (χ4n) is 5.75. The number of aromatic nitrogens is 1. The van der Waals surface area contributed by atoms with Gasteiger partial charge in [0.2, 0.25) is 0 Å². The van der Waals surface area contributed by atoms with E-state index in [1.807, 2.05) is 48.5 Å². The van der Waals surface area contributed by atoms with Crippen molar-refractivity contribution < 1.29 is 28.5 Å². The van der Waals surface area contributed by atoms with Crippen LogP contribution in [0, 0.1) is 0 Å². The highest BCUT2D eigenvalue weighted by molar-refractivity contribution is 7.07. The highest BCUT2D eigenvalue weighted by atomic mass is 32.1. The monoisotopic (exact) mass is 650 g/mol. The highest BCUT2D eigenvalue weighted by Crippen LogP contribution is 2.36. The van der Waals surface area contributed by atoms with Gasteiger partial charge in [0.25, 0.3) is 5.56 Å². The lowest BCUT2D eigenvalue weighted by molar-refractivity contribution is -0.139. The standard InChI is InChI=1S/C37H34N2O7S/c1-6-45-36(41)33-22(2)38-37-39(34(33)25-15-17-28(42-3)31(20-25)44-5)35(40)32(47-37)19-23-14-16-29(30(18-23)43-4)46-21-26-12-9-11-24-10-7-8-13-27(24)26/h7-20,34H,6,21H2,1-5H3. The molecule has 0 fully saturated rings. The second-order valence-electron chi connectivity index (χ2n) is 10.8. The van der Waals surface area contributed by atoms with Crippen molar-refractivity contribution >= 4 is 34.2 Å². The molecule has 1 aliphatic rings. The zero-order valence-corrected chi connectivity index (χ0v) is 27.6. The molecule has 0 amide bonds. The molecule has 0 saturated carbocycles. The molecule has 6 rings (SSSR count). The van der Waals surface area contributed by atoms with Crippen LogP contribution in [0.15, 0.2) is 99.9 Å². The lowest BCUT2D eigenvalue weighted by Gasteiger charge is -2.25. The summed E-state index contributed by atoms with van der Waals surface area (Å²) in [5.41, 5.74) is 2.93. The average Bonchev–Trinajstić information content (AvgIpc) is 3.39. The summed E-state index contributed by atoms with van der Waals surface area (Å²) in [7, 11) is 4.67. The number of thiazole rings is 1. The minimum absolute atomic E-state index is 0.183. The molecule has 9 nitrogen and oxygen atoms in total. The van der Waals surface area contributed by atoms with Gasteiger partial charge < -0.3 is 23.7 Å². The zero-order chi connectivity index (χ0) is 33.1. The molecule has 47 heavy (non-hydrogen) atoms. The quantitative estimate of drug-likeness (QED) is 0.183. The number of rotatable bonds is 10. The number of allylic oxidation sites excluding steroid dienone is 1. The van der Waals surface area contributed by atoms with Crippen molar-refractivity contribution in [2.24, 2.45) is 4.99 Å². The van der Waals surface area contributed by atoms with Crippen LogP contribution in [0.5, 0.6) is 23.0 Å². The first-order valence-electron chi connectivity index (χ1n) is 15.1. The van der Waals surface area contributed by atoms with Gasteiger partial charge in [0.1, 0.15) is 6.61 Å². The summed E-state index contributed by atoms with van der Waals surface area (Å²) in [5, 5.41) is 2.28. The molecule has 0 saturated heterocycles. The van der Waals surface area contributed by atoms with E-state index in [9.17, 15) is 9.59 Å². The molecule has 2 heterocycles. The van der Waals surface area contributed by atoms with Crippen molar-refractivity contribution in [2.75, 3.05) is 27.9 Å². The van der Waals surface area contributed by atoms with Gasteiger partial charge in [-0.15, -0.1) is 0 Å². The third-order valence-corrected chi connectivity index (χ3v) is 8.97. The second kappa shape index (κ2) is 13.6. The molecule has 0 aliphatic carbocycles. The van der Waals surface area contributed by atoms with E-state index in [2.05, 4.69) is 23.2 Å². The first-order valence-corrected chi connectivity index (χ1v) is 15.9. The van der Waals surface area contributed by atoms with Crippen LogP contribution in [-0.2, 0) is 16.1 Å². The third-order valence-electron chi connectivity index (χ3n) is 7.99. The number of benzene rings is 4. The number of ether oxygens (including phenoxy) is 5. The maximum atomic E-state index is 14.1. The number of carbonyl (C=O) groups is 1. The first kappa shape index (κ1) is 31.6. The lowest BCUT2D eigenvalue weighted by Crippen LogP contribution is -2.39. The van der Waals surface area contributed by atoms with Crippen LogP contribution >= 0.6 is 11.3 Å². The summed E-state index contributed by atoms with van der Waals surface area (Å²) in [6.07, 6.45) is 1.79. The summed E-state index contributed by atoms with van der Waals surface area (Å²) in [4.78, 5) is 32.5. The van der Waals surface area contributed by atoms with Gasteiger partial charge in [-0.05, 0) is 71.7 Å². The van der Waals surface area contributed by atoms with Gasteiger partial charge in [0.05, 0.1) is 49.8 Å². The molecule has 4 aromatic carbocycles. The topological polar surface area (TPSA) is 97.6 Å². The van der Waals surface area contributed by atoms with Crippen LogP contribution in [0.3, 0.4) is 0 Å². The SMILES string of the molecule is CCOC(=O)C1=C(C)N=c2sc(=Cc3ccc(OCc4cccc5ccccc45)c(OC)c3)c(=O)n2C1c1ccc(OC)c(OC)c1. The highest BCUT2D eigenvalue weighted by Gasteiger charge is 2.34. The van der Waals surface area contributed by atoms with Gasteiger partial charge in [0.15, 0.2) is 27.8 Å². The number of esters is 1. The summed E-state index contributed by atoms with van der Waals surface area (Å²) < 4.78 is 30.2. The van der Waals surface area contributed by atoms with Crippen molar-refractivity contribution in [3.63, 3.8) is 0 Å². The number of hydrogen-bond acceptors (Lipinski definition) is 9. The Kier molecular flexibility index (Phi) is 9.12. The second-order valence-corrected chi connectivity index (χ2v) is 11.8. The van der Waals surface area contributed by atoms with Crippen LogP contribution in [0.1, 0.15) is 36.6 Å². The van der Waals surface area contributed by atoms with Crippen LogP contribution in [0.25, 0.3) is 16.8 Å². The van der Waals surface area contributed by atoms with Crippen LogP contribution < -0.4 is 33.8 Å². The largest absolute Gasteiger partial charge is 0.493 e. The maximum Gasteiger partial charge on any atom is 0.338 e. The van der Waals surface area contributed by atoms with E-state index in [1.54, 1.807) is 46.3 Å². The molecular formula is C37H34N2O7S. The summed E-state index contributed by atoms with van der Waals surface area (Å²) in [6, 6.07) is 24.4. The zero-order valence-electron chi connectivity index (χ0n) is 26.7. The Morgan fingerprint density at radius 3 is 2.38 bits per heavy atom. The Morgan fingerprint density at radius 1 is 0.894 bits per heavy atom. The Hall–Kier alpha value is -5.35. The van der Waals surface area contributed by atoms with Crippen molar-refractivity contribution in [3.05, 3.63) is 127 Å². The van der Waals surface area contributed by atoms with E-state index in [4.69, 9.17) is 23.7 Å². The third kappa shape index (κ3) is 6.12. The van der Waals surface area contributed by atoms with Gasteiger partial charge in [-0.1, -0.05) is 65.9 Å². The number of fused-ring (bicyclic) bond motifs is 2. The molecule has 0 bridgehead atoms.